The van der Waals surface area contributed by atoms with E-state index in [4.69, 9.17) is 0 Å². The molecule has 1 N–H and O–H groups in total. The van der Waals surface area contributed by atoms with Crippen molar-refractivity contribution in [3.05, 3.63) is 17.5 Å². The second-order valence-corrected chi connectivity index (χ2v) is 7.29. The second-order valence-electron chi connectivity index (χ2n) is 5.29. The first kappa shape index (κ1) is 16.2. The van der Waals surface area contributed by atoms with E-state index in [1.807, 2.05) is 0 Å². The topological polar surface area (TPSA) is 46.9 Å². The molecule has 1 unspecified atom stereocenters. The lowest BCUT2D eigenvalue weighted by molar-refractivity contribution is -0.144. The van der Waals surface area contributed by atoms with Gasteiger partial charge in [-0.25, -0.2) is 8.93 Å². The summed E-state index contributed by atoms with van der Waals surface area (Å²) in [5, 5.41) is 3.63. The van der Waals surface area contributed by atoms with Gasteiger partial charge < -0.3 is 0 Å². The van der Waals surface area contributed by atoms with Crippen LogP contribution < -0.4 is 4.72 Å². The summed E-state index contributed by atoms with van der Waals surface area (Å²) in [7, 11) is -0.212. The van der Waals surface area contributed by atoms with E-state index >= 15 is 0 Å². The van der Waals surface area contributed by atoms with Crippen molar-refractivity contribution in [2.45, 2.75) is 44.7 Å². The van der Waals surface area contributed by atoms with Crippen LogP contribution >= 0.6 is 0 Å². The molecule has 2 atom stereocenters. The van der Waals surface area contributed by atoms with Crippen molar-refractivity contribution in [2.24, 2.45) is 7.05 Å². The van der Waals surface area contributed by atoms with Crippen LogP contribution in [-0.2, 0) is 24.2 Å². The number of hydrogen-bond donors (Lipinski definition) is 1. The molecule has 1 heterocycles. The van der Waals surface area contributed by atoms with Crippen molar-refractivity contribution >= 4 is 11.0 Å². The molecule has 1 rings (SSSR count). The lowest BCUT2D eigenvalue weighted by Gasteiger charge is -2.22. The third-order valence-electron chi connectivity index (χ3n) is 2.54. The standard InChI is InChI=1S/C11H18F3N3OS/c1-7(16-19(18)10(2,3)4)8-6-15-17(5)9(8)11(12,13)14/h6-7,16H,1-5H3/t7-,19?/m1/s1. The van der Waals surface area contributed by atoms with E-state index in [9.17, 15) is 17.4 Å². The molecule has 4 nitrogen and oxygen atoms in total. The van der Waals surface area contributed by atoms with Crippen molar-refractivity contribution in [1.29, 1.82) is 0 Å². The van der Waals surface area contributed by atoms with Crippen LogP contribution in [0.15, 0.2) is 6.20 Å². The van der Waals surface area contributed by atoms with Gasteiger partial charge in [-0.3, -0.25) is 4.68 Å². The number of alkyl halides is 3. The maximum absolute atomic E-state index is 12.9. The van der Waals surface area contributed by atoms with E-state index in [0.29, 0.717) is 0 Å². The molecule has 0 saturated carbocycles. The predicted octanol–water partition coefficient (Wildman–Crippen LogP) is 2.55. The smallest absolute Gasteiger partial charge is 0.263 e. The number of rotatable bonds is 3. The summed E-state index contributed by atoms with van der Waals surface area (Å²) in [6.45, 7) is 6.78. The van der Waals surface area contributed by atoms with E-state index in [0.717, 1.165) is 10.9 Å². The Labute approximate surface area is 113 Å². The van der Waals surface area contributed by atoms with Gasteiger partial charge in [-0.05, 0) is 27.7 Å². The van der Waals surface area contributed by atoms with Crippen molar-refractivity contribution in [1.82, 2.24) is 14.5 Å². The molecule has 0 fully saturated rings. The second kappa shape index (κ2) is 5.24. The average Bonchev–Trinajstić information content (AvgIpc) is 2.57. The molecular formula is C11H18F3N3OS. The number of hydrogen-bond acceptors (Lipinski definition) is 2. The van der Waals surface area contributed by atoms with Crippen LogP contribution in [0.25, 0.3) is 0 Å². The molecule has 0 radical (unpaired) electrons. The van der Waals surface area contributed by atoms with Crippen LogP contribution in [-0.4, -0.2) is 18.7 Å². The van der Waals surface area contributed by atoms with Gasteiger partial charge in [0.25, 0.3) is 0 Å². The minimum Gasteiger partial charge on any atom is -0.263 e. The highest BCUT2D eigenvalue weighted by atomic mass is 32.2. The van der Waals surface area contributed by atoms with Crippen LogP contribution in [0.5, 0.6) is 0 Å². The fourth-order valence-corrected chi connectivity index (χ4v) is 2.32. The molecule has 1 aromatic rings. The van der Waals surface area contributed by atoms with E-state index in [2.05, 4.69) is 9.82 Å². The summed E-state index contributed by atoms with van der Waals surface area (Å²) in [6.07, 6.45) is -3.33. The summed E-state index contributed by atoms with van der Waals surface area (Å²) in [6, 6.07) is -0.703. The van der Waals surface area contributed by atoms with Crippen molar-refractivity contribution in [2.75, 3.05) is 0 Å². The van der Waals surface area contributed by atoms with Crippen LogP contribution in [0, 0.1) is 0 Å². The van der Waals surface area contributed by atoms with Gasteiger partial charge in [0, 0.05) is 18.7 Å². The van der Waals surface area contributed by atoms with Crippen molar-refractivity contribution in [3.8, 4) is 0 Å². The maximum Gasteiger partial charge on any atom is 0.433 e. The zero-order valence-corrected chi connectivity index (χ0v) is 12.3. The Kier molecular flexibility index (Phi) is 4.46. The molecular weight excluding hydrogens is 279 g/mol. The lowest BCUT2D eigenvalue weighted by Crippen LogP contribution is -2.35. The summed E-state index contributed by atoms with van der Waals surface area (Å²) in [5.41, 5.74) is -0.828. The van der Waals surface area contributed by atoms with Gasteiger partial charge in [0.15, 0.2) is 0 Å². The molecule has 0 saturated heterocycles. The Morgan fingerprint density at radius 3 is 2.32 bits per heavy atom. The van der Waals surface area contributed by atoms with E-state index in [-0.39, 0.29) is 5.56 Å². The van der Waals surface area contributed by atoms with Gasteiger partial charge in [0.05, 0.1) is 21.9 Å². The predicted molar refractivity (Wildman–Crippen MR) is 67.7 cm³/mol. The van der Waals surface area contributed by atoms with Gasteiger partial charge in [0.1, 0.15) is 5.69 Å². The number of aromatic nitrogens is 2. The Hall–Kier alpha value is -0.890. The number of nitrogens with one attached hydrogen (secondary N) is 1. The van der Waals surface area contributed by atoms with Gasteiger partial charge in [-0.2, -0.15) is 18.3 Å². The van der Waals surface area contributed by atoms with Gasteiger partial charge in [-0.15, -0.1) is 0 Å². The minimum absolute atomic E-state index is 0.00685. The van der Waals surface area contributed by atoms with Crippen LogP contribution in [0.1, 0.15) is 45.0 Å². The molecule has 0 bridgehead atoms. The van der Waals surface area contributed by atoms with Gasteiger partial charge in [-0.1, -0.05) is 0 Å². The van der Waals surface area contributed by atoms with Crippen LogP contribution in [0.2, 0.25) is 0 Å². The molecule has 0 aromatic carbocycles. The Morgan fingerprint density at radius 2 is 1.89 bits per heavy atom. The SMILES string of the molecule is C[C@@H](NS(=O)C(C)(C)C)c1cnn(C)c1C(F)(F)F. The highest BCUT2D eigenvalue weighted by Crippen LogP contribution is 2.34. The maximum atomic E-state index is 12.9. The molecule has 0 spiro atoms. The number of nitrogens with zero attached hydrogens (tertiary/aromatic N) is 2. The average molecular weight is 297 g/mol. The van der Waals surface area contributed by atoms with Gasteiger partial charge in [0.2, 0.25) is 0 Å². The van der Waals surface area contributed by atoms with E-state index in [1.54, 1.807) is 20.8 Å². The highest BCUT2D eigenvalue weighted by Gasteiger charge is 2.39. The molecule has 0 aliphatic rings. The first-order valence-corrected chi connectivity index (χ1v) is 6.86. The Balaban J connectivity index is 3.02. The largest absolute Gasteiger partial charge is 0.433 e. The molecule has 110 valence electrons. The first-order valence-electron chi connectivity index (χ1n) is 5.71. The molecule has 0 amide bonds. The normalized spacial score (nSPS) is 16.4. The first-order chi connectivity index (χ1) is 8.44. The zero-order valence-electron chi connectivity index (χ0n) is 11.5. The minimum atomic E-state index is -4.49. The Bertz CT molecular complexity index is 477. The summed E-state index contributed by atoms with van der Waals surface area (Å²) < 4.78 is 53.6. The Morgan fingerprint density at radius 1 is 1.37 bits per heavy atom. The third kappa shape index (κ3) is 3.79. The van der Waals surface area contributed by atoms with Crippen molar-refractivity contribution in [3.63, 3.8) is 0 Å². The summed E-state index contributed by atoms with van der Waals surface area (Å²) in [4.78, 5) is 0. The molecule has 1 aromatic heterocycles. The number of aryl methyl sites for hydroxylation is 1. The van der Waals surface area contributed by atoms with Gasteiger partial charge >= 0.3 is 6.18 Å². The summed E-state index contributed by atoms with van der Waals surface area (Å²) in [5.74, 6) is 0. The third-order valence-corrected chi connectivity index (χ3v) is 4.22. The molecule has 0 aliphatic heterocycles. The zero-order chi connectivity index (χ0) is 15.0. The molecule has 8 heteroatoms. The number of halogens is 3. The highest BCUT2D eigenvalue weighted by molar-refractivity contribution is 7.84. The van der Waals surface area contributed by atoms with E-state index < -0.39 is 33.6 Å². The molecule has 0 aliphatic carbocycles. The quantitative estimate of drug-likeness (QED) is 0.932. The lowest BCUT2D eigenvalue weighted by atomic mass is 10.1. The fourth-order valence-electron chi connectivity index (χ4n) is 1.52. The van der Waals surface area contributed by atoms with Crippen LogP contribution in [0.3, 0.4) is 0 Å². The molecule has 19 heavy (non-hydrogen) atoms. The van der Waals surface area contributed by atoms with E-state index in [1.165, 1.54) is 14.0 Å². The summed E-state index contributed by atoms with van der Waals surface area (Å²) >= 11 is 0. The van der Waals surface area contributed by atoms with Crippen LogP contribution in [0.4, 0.5) is 13.2 Å². The fraction of sp³-hybridized carbons (Fsp3) is 0.727. The van der Waals surface area contributed by atoms with Crippen molar-refractivity contribution < 1.29 is 17.4 Å². The monoisotopic (exact) mass is 297 g/mol.